The summed E-state index contributed by atoms with van der Waals surface area (Å²) in [5.41, 5.74) is 4.62. The van der Waals surface area contributed by atoms with E-state index in [0.717, 1.165) is 30.5 Å². The Morgan fingerprint density at radius 3 is 3.00 bits per heavy atom. The second kappa shape index (κ2) is 6.51. The van der Waals surface area contributed by atoms with Crippen molar-refractivity contribution in [1.82, 2.24) is 10.4 Å². The first kappa shape index (κ1) is 15.2. The van der Waals surface area contributed by atoms with Gasteiger partial charge in [0.15, 0.2) is 0 Å². The number of hydrogen-bond donors (Lipinski definition) is 2. The van der Waals surface area contributed by atoms with Gasteiger partial charge in [-0.3, -0.25) is 16.3 Å². The van der Waals surface area contributed by atoms with E-state index in [1.807, 2.05) is 12.1 Å². The molecule has 4 nitrogen and oxygen atoms in total. The molecule has 1 aliphatic carbocycles. The highest BCUT2D eigenvalue weighted by atomic mass is 19.4. The zero-order valence-electron chi connectivity index (χ0n) is 11.0. The molecule has 7 heteroatoms. The van der Waals surface area contributed by atoms with Gasteiger partial charge < -0.3 is 4.74 Å². The van der Waals surface area contributed by atoms with Crippen molar-refractivity contribution >= 4 is 0 Å². The molecule has 0 amide bonds. The molecule has 2 rings (SSSR count). The molecule has 0 saturated heterocycles. The number of ether oxygens (including phenoxy) is 1. The van der Waals surface area contributed by atoms with Gasteiger partial charge in [0, 0.05) is 17.8 Å². The van der Waals surface area contributed by atoms with Gasteiger partial charge in [0.25, 0.3) is 0 Å². The number of nitrogens with two attached hydrogens (primary N) is 1. The largest absolute Gasteiger partial charge is 0.411 e. The van der Waals surface area contributed by atoms with E-state index in [0.29, 0.717) is 0 Å². The smallest absolute Gasteiger partial charge is 0.370 e. The maximum Gasteiger partial charge on any atom is 0.411 e. The Morgan fingerprint density at radius 1 is 1.50 bits per heavy atom. The summed E-state index contributed by atoms with van der Waals surface area (Å²) in [4.78, 5) is 4.35. The van der Waals surface area contributed by atoms with E-state index >= 15 is 0 Å². The van der Waals surface area contributed by atoms with E-state index in [2.05, 4.69) is 10.4 Å². The minimum absolute atomic E-state index is 0.0156. The van der Waals surface area contributed by atoms with Crippen molar-refractivity contribution in [1.29, 1.82) is 0 Å². The second-order valence-electron chi connectivity index (χ2n) is 4.95. The molecule has 20 heavy (non-hydrogen) atoms. The van der Waals surface area contributed by atoms with Crippen molar-refractivity contribution in [3.63, 3.8) is 0 Å². The van der Waals surface area contributed by atoms with Gasteiger partial charge in [-0.15, -0.1) is 0 Å². The van der Waals surface area contributed by atoms with Gasteiger partial charge in [0.2, 0.25) is 0 Å². The van der Waals surface area contributed by atoms with E-state index in [9.17, 15) is 13.2 Å². The molecule has 1 aliphatic rings. The number of hydrogen-bond acceptors (Lipinski definition) is 4. The third kappa shape index (κ3) is 3.91. The van der Waals surface area contributed by atoms with E-state index in [-0.39, 0.29) is 18.6 Å². The summed E-state index contributed by atoms with van der Waals surface area (Å²) in [5, 5.41) is 0. The predicted molar refractivity (Wildman–Crippen MR) is 67.9 cm³/mol. The quantitative estimate of drug-likeness (QED) is 0.642. The van der Waals surface area contributed by atoms with Gasteiger partial charge in [0.1, 0.15) is 6.61 Å². The zero-order valence-corrected chi connectivity index (χ0v) is 11.0. The van der Waals surface area contributed by atoms with Crippen LogP contribution in [0.15, 0.2) is 18.3 Å². The van der Waals surface area contributed by atoms with Crippen LogP contribution in [-0.4, -0.2) is 30.4 Å². The topological polar surface area (TPSA) is 60.2 Å². The van der Waals surface area contributed by atoms with E-state index < -0.39 is 12.8 Å². The Bertz CT molecular complexity index is 439. The molecule has 0 radical (unpaired) electrons. The molecule has 112 valence electrons. The van der Waals surface area contributed by atoms with Gasteiger partial charge in [0.05, 0.1) is 12.6 Å². The number of nitrogens with one attached hydrogen (secondary N) is 1. The standard InChI is InChI=1S/C13H18F3N3O/c14-13(15,16)8-20-7-11(19-17)10-5-1-3-9-4-2-6-18-12(9)10/h2,4,6,10-11,19H,1,3,5,7-8,17H2. The SMILES string of the molecule is NNC(COCC(F)(F)F)C1CCCc2cccnc21. The number of halogens is 3. The Hall–Kier alpha value is -1.18. The lowest BCUT2D eigenvalue weighted by molar-refractivity contribution is -0.175. The lowest BCUT2D eigenvalue weighted by Crippen LogP contribution is -2.45. The number of rotatable bonds is 5. The number of aromatic nitrogens is 1. The maximum absolute atomic E-state index is 12.1. The fraction of sp³-hybridized carbons (Fsp3) is 0.615. The highest BCUT2D eigenvalue weighted by molar-refractivity contribution is 5.27. The Balaban J connectivity index is 2.01. The van der Waals surface area contributed by atoms with Crippen LogP contribution < -0.4 is 11.3 Å². The van der Waals surface area contributed by atoms with Crippen LogP contribution in [0.25, 0.3) is 0 Å². The van der Waals surface area contributed by atoms with Crippen molar-refractivity contribution < 1.29 is 17.9 Å². The number of aryl methyl sites for hydroxylation is 1. The lowest BCUT2D eigenvalue weighted by Gasteiger charge is -2.30. The number of pyridine rings is 1. The number of nitrogens with zero attached hydrogens (tertiary/aromatic N) is 1. The first-order valence-electron chi connectivity index (χ1n) is 6.55. The normalized spacial score (nSPS) is 20.5. The summed E-state index contributed by atoms with van der Waals surface area (Å²) < 4.78 is 41.0. The maximum atomic E-state index is 12.1. The summed E-state index contributed by atoms with van der Waals surface area (Å²) in [6.07, 6.45) is 0.138. The van der Waals surface area contributed by atoms with E-state index in [4.69, 9.17) is 10.6 Å². The lowest BCUT2D eigenvalue weighted by atomic mass is 9.82. The van der Waals surface area contributed by atoms with Gasteiger partial charge >= 0.3 is 6.18 Å². The molecule has 0 fully saturated rings. The van der Waals surface area contributed by atoms with Crippen LogP contribution in [0.3, 0.4) is 0 Å². The van der Waals surface area contributed by atoms with Crippen molar-refractivity contribution in [2.45, 2.75) is 37.4 Å². The molecule has 2 atom stereocenters. The van der Waals surface area contributed by atoms with Crippen LogP contribution in [-0.2, 0) is 11.2 Å². The molecular weight excluding hydrogens is 271 g/mol. The van der Waals surface area contributed by atoms with Crippen molar-refractivity contribution in [3.05, 3.63) is 29.6 Å². The Morgan fingerprint density at radius 2 is 2.30 bits per heavy atom. The number of hydrazine groups is 1. The summed E-state index contributed by atoms with van der Waals surface area (Å²) in [5.74, 6) is 5.46. The van der Waals surface area contributed by atoms with Crippen molar-refractivity contribution in [3.8, 4) is 0 Å². The number of fused-ring (bicyclic) bond motifs is 1. The molecule has 1 aromatic rings. The number of alkyl halides is 3. The van der Waals surface area contributed by atoms with E-state index in [1.54, 1.807) is 6.20 Å². The van der Waals surface area contributed by atoms with Crippen LogP contribution in [0.5, 0.6) is 0 Å². The molecule has 0 aliphatic heterocycles. The third-order valence-corrected chi connectivity index (χ3v) is 3.50. The van der Waals surface area contributed by atoms with Gasteiger partial charge in [-0.1, -0.05) is 6.07 Å². The highest BCUT2D eigenvalue weighted by Gasteiger charge is 2.31. The van der Waals surface area contributed by atoms with Gasteiger partial charge in [-0.25, -0.2) is 0 Å². The molecule has 1 heterocycles. The molecule has 1 aromatic heterocycles. The summed E-state index contributed by atoms with van der Waals surface area (Å²) in [7, 11) is 0. The molecule has 2 unspecified atom stereocenters. The summed E-state index contributed by atoms with van der Waals surface area (Å²) >= 11 is 0. The van der Waals surface area contributed by atoms with Crippen LogP contribution in [0.2, 0.25) is 0 Å². The van der Waals surface area contributed by atoms with E-state index in [1.165, 1.54) is 0 Å². The third-order valence-electron chi connectivity index (χ3n) is 3.50. The van der Waals surface area contributed by atoms with Gasteiger partial charge in [-0.05, 0) is 30.9 Å². The average molecular weight is 289 g/mol. The fourth-order valence-electron chi connectivity index (χ4n) is 2.62. The highest BCUT2D eigenvalue weighted by Crippen LogP contribution is 2.32. The van der Waals surface area contributed by atoms with Crippen molar-refractivity contribution in [2.24, 2.45) is 5.84 Å². The summed E-state index contributed by atoms with van der Waals surface area (Å²) in [6.45, 7) is -1.34. The monoisotopic (exact) mass is 289 g/mol. The van der Waals surface area contributed by atoms with Crippen molar-refractivity contribution in [2.75, 3.05) is 13.2 Å². The summed E-state index contributed by atoms with van der Waals surface area (Å²) in [6, 6.07) is 3.50. The first-order valence-corrected chi connectivity index (χ1v) is 6.55. The van der Waals surface area contributed by atoms with Crippen LogP contribution in [0.1, 0.15) is 30.0 Å². The van der Waals surface area contributed by atoms with Crippen LogP contribution in [0.4, 0.5) is 13.2 Å². The predicted octanol–water partition coefficient (Wildman–Crippen LogP) is 1.91. The molecule has 0 bridgehead atoms. The molecule has 0 spiro atoms. The minimum Gasteiger partial charge on any atom is -0.370 e. The van der Waals surface area contributed by atoms with Crippen LogP contribution in [0, 0.1) is 0 Å². The molecule has 0 aromatic carbocycles. The first-order chi connectivity index (χ1) is 9.51. The zero-order chi connectivity index (χ0) is 14.6. The van der Waals surface area contributed by atoms with Crippen LogP contribution >= 0.6 is 0 Å². The van der Waals surface area contributed by atoms with Gasteiger partial charge in [-0.2, -0.15) is 13.2 Å². The minimum atomic E-state index is -4.32. The Labute approximate surface area is 115 Å². The molecule has 3 N–H and O–H groups in total. The molecule has 0 saturated carbocycles. The molecular formula is C13H18F3N3O. The second-order valence-corrected chi connectivity index (χ2v) is 4.95. The Kier molecular flexibility index (Phi) is 4.95. The fourth-order valence-corrected chi connectivity index (χ4v) is 2.62. The average Bonchev–Trinajstić information content (AvgIpc) is 2.42.